The van der Waals surface area contributed by atoms with E-state index >= 15 is 0 Å². The molecule has 0 unspecified atom stereocenters. The summed E-state index contributed by atoms with van der Waals surface area (Å²) in [6.07, 6.45) is 1.96. The van der Waals surface area contributed by atoms with Crippen molar-refractivity contribution in [3.8, 4) is 0 Å². The number of benzene rings is 1. The van der Waals surface area contributed by atoms with E-state index in [1.54, 1.807) is 25.6 Å². The second-order valence-corrected chi connectivity index (χ2v) is 8.44. The Balaban J connectivity index is 0.000000332. The Morgan fingerprint density at radius 3 is 2.24 bits per heavy atom. The first-order valence-electron chi connectivity index (χ1n) is 11.6. The quantitative estimate of drug-likeness (QED) is 0.236. The molecule has 0 atom stereocenters. The summed E-state index contributed by atoms with van der Waals surface area (Å²) in [4.78, 5) is 49.8. The molecule has 204 valence electrons. The van der Waals surface area contributed by atoms with E-state index < -0.39 is 36.4 Å². The fraction of sp³-hybridized carbons (Fsp3) is 0.346. The Hall–Kier alpha value is -4.13. The molecule has 0 radical (unpaired) electrons. The van der Waals surface area contributed by atoms with Gasteiger partial charge in [0.25, 0.3) is 0 Å². The van der Waals surface area contributed by atoms with Gasteiger partial charge < -0.3 is 29.6 Å². The van der Waals surface area contributed by atoms with Gasteiger partial charge in [-0.1, -0.05) is 18.2 Å². The largest absolute Gasteiger partial charge is 0.481 e. The number of methoxy groups -OCH3 is 1. The highest BCUT2D eigenvalue weighted by molar-refractivity contribution is 5.88. The highest BCUT2D eigenvalue weighted by Crippen LogP contribution is 2.16. The lowest BCUT2D eigenvalue weighted by atomic mass is 9.96. The van der Waals surface area contributed by atoms with Gasteiger partial charge in [-0.15, -0.1) is 0 Å². The van der Waals surface area contributed by atoms with E-state index in [2.05, 4.69) is 9.88 Å². The lowest BCUT2D eigenvalue weighted by molar-refractivity contribution is -0.170. The van der Waals surface area contributed by atoms with E-state index in [1.165, 1.54) is 0 Å². The fourth-order valence-electron chi connectivity index (χ4n) is 3.55. The molecule has 0 fully saturated rings. The average Bonchev–Trinajstić information content (AvgIpc) is 2.86. The Labute approximate surface area is 217 Å². The first-order valence-corrected chi connectivity index (χ1v) is 11.6. The van der Waals surface area contributed by atoms with E-state index in [1.807, 2.05) is 36.4 Å². The van der Waals surface area contributed by atoms with Gasteiger partial charge in [0.05, 0.1) is 30.2 Å². The first kappa shape index (κ1) is 30.1. The average molecular weight is 531 g/mol. The summed E-state index contributed by atoms with van der Waals surface area (Å²) in [6.45, 7) is 2.70. The van der Waals surface area contributed by atoms with Crippen LogP contribution in [-0.2, 0) is 32.2 Å². The monoisotopic (exact) mass is 530 g/mol. The lowest BCUT2D eigenvalue weighted by Crippen LogP contribution is -2.42. The number of fused-ring (bicyclic) bond motifs is 1. The molecule has 0 spiro atoms. The zero-order valence-electron chi connectivity index (χ0n) is 20.8. The molecule has 3 aromatic rings. The van der Waals surface area contributed by atoms with E-state index in [0.29, 0.717) is 36.2 Å². The molecule has 0 aliphatic heterocycles. The lowest BCUT2D eigenvalue weighted by Gasteiger charge is -2.21. The predicted molar refractivity (Wildman–Crippen MR) is 134 cm³/mol. The highest BCUT2D eigenvalue weighted by Gasteiger charge is 2.40. The summed E-state index contributed by atoms with van der Waals surface area (Å²) >= 11 is 0. The van der Waals surface area contributed by atoms with Gasteiger partial charge in [0.15, 0.2) is 11.0 Å². The Kier molecular flexibility index (Phi) is 11.5. The normalized spacial score (nSPS) is 11.1. The summed E-state index contributed by atoms with van der Waals surface area (Å²) in [5.74, 6) is -5.02. The van der Waals surface area contributed by atoms with E-state index in [4.69, 9.17) is 29.6 Å². The van der Waals surface area contributed by atoms with Gasteiger partial charge in [0.1, 0.15) is 5.58 Å². The number of aromatic nitrogens is 1. The zero-order chi connectivity index (χ0) is 28.1. The maximum Gasteiger partial charge on any atom is 0.336 e. The maximum atomic E-state index is 12.7. The van der Waals surface area contributed by atoms with Gasteiger partial charge in [-0.25, -0.2) is 4.79 Å². The van der Waals surface area contributed by atoms with Crippen LogP contribution in [0.15, 0.2) is 64.1 Å². The standard InChI is InChI=1S/C20H22N2O3.C6H8O7/c1-24-12-6-11-22(14-17-7-4-5-10-21-17)13-16-15-25-19-9-3-2-8-18(19)20(16)23;7-3(8)1-6(13,5(11)12)2-4(9)10/h2-5,7-10,15H,6,11-14H2,1H3;13H,1-2H2,(H,7,8)(H,9,10)(H,11,12). The molecule has 0 amide bonds. The number of carbonyl (C=O) groups is 3. The number of para-hydroxylation sites is 1. The summed E-state index contributed by atoms with van der Waals surface area (Å²) in [6, 6.07) is 13.2. The molecule has 2 heterocycles. The molecule has 4 N–H and O–H groups in total. The second kappa shape index (κ2) is 14.6. The first-order chi connectivity index (χ1) is 18.1. The number of carboxylic acid groups (broad SMARTS) is 3. The van der Waals surface area contributed by atoms with Crippen molar-refractivity contribution in [1.82, 2.24) is 9.88 Å². The van der Waals surface area contributed by atoms with E-state index in [9.17, 15) is 19.2 Å². The van der Waals surface area contributed by atoms with Crippen LogP contribution in [0.4, 0.5) is 0 Å². The molecule has 0 aliphatic carbocycles. The van der Waals surface area contributed by atoms with Crippen molar-refractivity contribution in [2.24, 2.45) is 0 Å². The third-order valence-corrected chi connectivity index (χ3v) is 5.37. The van der Waals surface area contributed by atoms with Gasteiger partial charge >= 0.3 is 17.9 Å². The van der Waals surface area contributed by atoms with Crippen molar-refractivity contribution in [3.63, 3.8) is 0 Å². The molecule has 2 aromatic heterocycles. The van der Waals surface area contributed by atoms with Crippen molar-refractivity contribution in [3.05, 3.63) is 76.4 Å². The van der Waals surface area contributed by atoms with Crippen LogP contribution in [0.1, 0.15) is 30.5 Å². The van der Waals surface area contributed by atoms with Gasteiger partial charge in [0, 0.05) is 45.1 Å². The van der Waals surface area contributed by atoms with Gasteiger partial charge in [-0.2, -0.15) is 0 Å². The Morgan fingerprint density at radius 2 is 1.66 bits per heavy atom. The number of ether oxygens (including phenoxy) is 1. The number of hydrogen-bond donors (Lipinski definition) is 4. The number of nitrogens with zero attached hydrogens (tertiary/aromatic N) is 2. The van der Waals surface area contributed by atoms with Gasteiger partial charge in [0.2, 0.25) is 0 Å². The number of rotatable bonds is 13. The molecule has 1 aromatic carbocycles. The van der Waals surface area contributed by atoms with Crippen LogP contribution >= 0.6 is 0 Å². The van der Waals surface area contributed by atoms with Crippen LogP contribution < -0.4 is 5.43 Å². The summed E-state index contributed by atoms with van der Waals surface area (Å²) in [5.41, 5.74) is -0.457. The molecule has 0 saturated heterocycles. The highest BCUT2D eigenvalue weighted by atomic mass is 16.5. The van der Waals surface area contributed by atoms with Crippen LogP contribution in [0.2, 0.25) is 0 Å². The SMILES string of the molecule is COCCCN(Cc1ccccn1)Cc1coc2ccccc2c1=O.O=C(O)CC(O)(CC(=O)O)C(=O)O. The smallest absolute Gasteiger partial charge is 0.336 e. The van der Waals surface area contributed by atoms with E-state index in [0.717, 1.165) is 18.7 Å². The molecule has 0 bridgehead atoms. The number of hydrogen-bond acceptors (Lipinski definition) is 9. The predicted octanol–water partition coefficient (Wildman–Crippen LogP) is 1.98. The molecule has 38 heavy (non-hydrogen) atoms. The molecular weight excluding hydrogens is 500 g/mol. The summed E-state index contributed by atoms with van der Waals surface area (Å²) in [7, 11) is 1.70. The minimum Gasteiger partial charge on any atom is -0.481 e. The van der Waals surface area contributed by atoms with Crippen LogP contribution in [0, 0.1) is 0 Å². The van der Waals surface area contributed by atoms with Crippen LogP contribution in [0.3, 0.4) is 0 Å². The van der Waals surface area contributed by atoms with Crippen molar-refractivity contribution < 1.29 is 44.0 Å². The van der Waals surface area contributed by atoms with Gasteiger partial charge in [-0.05, 0) is 30.7 Å². The Bertz CT molecular complexity index is 1260. The third-order valence-electron chi connectivity index (χ3n) is 5.37. The minimum atomic E-state index is -2.74. The maximum absolute atomic E-state index is 12.7. The van der Waals surface area contributed by atoms with Crippen LogP contribution in [0.5, 0.6) is 0 Å². The van der Waals surface area contributed by atoms with Crippen molar-refractivity contribution in [2.75, 3.05) is 20.3 Å². The summed E-state index contributed by atoms with van der Waals surface area (Å²) < 4.78 is 10.8. The zero-order valence-corrected chi connectivity index (χ0v) is 20.8. The van der Waals surface area contributed by atoms with Crippen molar-refractivity contribution >= 4 is 28.9 Å². The molecule has 0 aliphatic rings. The van der Waals surface area contributed by atoms with Crippen LogP contribution in [-0.4, -0.2) is 74.1 Å². The number of carboxylic acids is 3. The molecule has 12 heteroatoms. The van der Waals surface area contributed by atoms with E-state index in [-0.39, 0.29) is 5.43 Å². The molecular formula is C26H30N2O10. The fourth-order valence-corrected chi connectivity index (χ4v) is 3.55. The van der Waals surface area contributed by atoms with Crippen LogP contribution in [0.25, 0.3) is 11.0 Å². The number of pyridine rings is 1. The minimum absolute atomic E-state index is 0.0274. The summed E-state index contributed by atoms with van der Waals surface area (Å²) in [5, 5.41) is 34.4. The third kappa shape index (κ3) is 9.39. The Morgan fingerprint density at radius 1 is 1.00 bits per heavy atom. The van der Waals surface area contributed by atoms with Gasteiger partial charge in [-0.3, -0.25) is 24.3 Å². The van der Waals surface area contributed by atoms with Crippen molar-refractivity contribution in [2.45, 2.75) is 38.0 Å². The molecule has 0 saturated carbocycles. The second-order valence-electron chi connectivity index (χ2n) is 8.44. The number of aliphatic hydroxyl groups is 1. The van der Waals surface area contributed by atoms with Crippen molar-refractivity contribution in [1.29, 1.82) is 0 Å². The molecule has 3 rings (SSSR count). The molecule has 12 nitrogen and oxygen atoms in total. The topological polar surface area (TPSA) is 188 Å². The number of aliphatic carboxylic acids is 3.